The van der Waals surface area contributed by atoms with Gasteiger partial charge in [0.1, 0.15) is 6.10 Å². The standard InChI is InChI=1S/C9H13F3O2/c1-4-7(5-9(10,11)12)14-8(13)6(2)3/h7H,2,4-5H2,1,3H3. The minimum atomic E-state index is -4.31. The molecule has 0 aromatic carbocycles. The average Bonchev–Trinajstić information content (AvgIpc) is 2.00. The first-order chi connectivity index (χ1) is 6.26. The Balaban J connectivity index is 4.17. The molecule has 2 nitrogen and oxygen atoms in total. The van der Waals surface area contributed by atoms with Crippen LogP contribution >= 0.6 is 0 Å². The second kappa shape index (κ2) is 5.02. The van der Waals surface area contributed by atoms with Gasteiger partial charge in [-0.3, -0.25) is 0 Å². The lowest BCUT2D eigenvalue weighted by molar-refractivity contribution is -0.170. The molecule has 0 fully saturated rings. The highest BCUT2D eigenvalue weighted by Gasteiger charge is 2.33. The number of halogens is 3. The Morgan fingerprint density at radius 3 is 2.29 bits per heavy atom. The van der Waals surface area contributed by atoms with Gasteiger partial charge < -0.3 is 4.74 Å². The molecule has 0 saturated carbocycles. The zero-order chi connectivity index (χ0) is 11.4. The molecular weight excluding hydrogens is 197 g/mol. The highest BCUT2D eigenvalue weighted by atomic mass is 19.4. The first-order valence-corrected chi connectivity index (χ1v) is 4.19. The lowest BCUT2D eigenvalue weighted by Gasteiger charge is -2.17. The molecular formula is C9H13F3O2. The summed E-state index contributed by atoms with van der Waals surface area (Å²) < 4.78 is 40.4. The lowest BCUT2D eigenvalue weighted by Crippen LogP contribution is -2.24. The summed E-state index contributed by atoms with van der Waals surface area (Å²) in [7, 11) is 0. The summed E-state index contributed by atoms with van der Waals surface area (Å²) in [5.74, 6) is -0.777. The molecule has 0 spiro atoms. The van der Waals surface area contributed by atoms with Gasteiger partial charge in [-0.05, 0) is 13.3 Å². The van der Waals surface area contributed by atoms with E-state index in [1.807, 2.05) is 0 Å². The largest absolute Gasteiger partial charge is 0.459 e. The van der Waals surface area contributed by atoms with Gasteiger partial charge in [-0.2, -0.15) is 13.2 Å². The molecule has 0 amide bonds. The summed E-state index contributed by atoms with van der Waals surface area (Å²) in [5.41, 5.74) is 0.102. The first kappa shape index (κ1) is 13.0. The first-order valence-electron chi connectivity index (χ1n) is 4.19. The van der Waals surface area contributed by atoms with Crippen LogP contribution in [0, 0.1) is 0 Å². The molecule has 0 aromatic rings. The topological polar surface area (TPSA) is 26.3 Å². The van der Waals surface area contributed by atoms with E-state index in [1.165, 1.54) is 13.8 Å². The SMILES string of the molecule is C=C(C)C(=O)OC(CC)CC(F)(F)F. The molecule has 0 radical (unpaired) electrons. The second-order valence-electron chi connectivity index (χ2n) is 3.04. The Kier molecular flexibility index (Phi) is 4.67. The van der Waals surface area contributed by atoms with Crippen molar-refractivity contribution in [3.05, 3.63) is 12.2 Å². The lowest BCUT2D eigenvalue weighted by atomic mass is 10.2. The van der Waals surface area contributed by atoms with E-state index in [0.717, 1.165) is 0 Å². The number of hydrogen-bond acceptors (Lipinski definition) is 2. The number of carbonyl (C=O) groups is 1. The van der Waals surface area contributed by atoms with Gasteiger partial charge in [-0.1, -0.05) is 13.5 Å². The van der Waals surface area contributed by atoms with E-state index in [9.17, 15) is 18.0 Å². The molecule has 0 N–H and O–H groups in total. The van der Waals surface area contributed by atoms with Gasteiger partial charge in [0.15, 0.2) is 0 Å². The van der Waals surface area contributed by atoms with Crippen LogP contribution in [0.1, 0.15) is 26.7 Å². The fourth-order valence-electron chi connectivity index (χ4n) is 0.779. The number of hydrogen-bond donors (Lipinski definition) is 0. The summed E-state index contributed by atoms with van der Waals surface area (Å²) in [5, 5.41) is 0. The zero-order valence-corrected chi connectivity index (χ0v) is 8.15. The maximum Gasteiger partial charge on any atom is 0.392 e. The van der Waals surface area contributed by atoms with Crippen molar-refractivity contribution in [3.63, 3.8) is 0 Å². The molecule has 82 valence electrons. The molecule has 0 heterocycles. The Hall–Kier alpha value is -1.00. The summed E-state index contributed by atoms with van der Waals surface area (Å²) in [4.78, 5) is 10.9. The minimum Gasteiger partial charge on any atom is -0.459 e. The molecule has 0 saturated heterocycles. The number of esters is 1. The number of alkyl halides is 3. The summed E-state index contributed by atoms with van der Waals surface area (Å²) in [6.07, 6.45) is -6.39. The zero-order valence-electron chi connectivity index (χ0n) is 8.15. The maximum atomic E-state index is 11.9. The van der Waals surface area contributed by atoms with Crippen molar-refractivity contribution in [2.45, 2.75) is 39.0 Å². The van der Waals surface area contributed by atoms with Crippen molar-refractivity contribution >= 4 is 5.97 Å². The second-order valence-corrected chi connectivity index (χ2v) is 3.04. The molecule has 14 heavy (non-hydrogen) atoms. The third-order valence-corrected chi connectivity index (χ3v) is 1.54. The van der Waals surface area contributed by atoms with Gasteiger partial charge in [0.25, 0.3) is 0 Å². The highest BCUT2D eigenvalue weighted by Crippen LogP contribution is 2.24. The molecule has 1 atom stereocenters. The van der Waals surface area contributed by atoms with E-state index in [1.54, 1.807) is 0 Å². The normalized spacial score (nSPS) is 13.5. The van der Waals surface area contributed by atoms with Crippen LogP contribution in [0.25, 0.3) is 0 Å². The molecule has 0 rings (SSSR count). The number of ether oxygens (including phenoxy) is 1. The Bertz CT molecular complexity index is 221. The van der Waals surface area contributed by atoms with Crippen LogP contribution in [0.2, 0.25) is 0 Å². The summed E-state index contributed by atoms with van der Waals surface area (Å²) in [6.45, 7) is 6.20. The monoisotopic (exact) mass is 210 g/mol. The molecule has 0 aliphatic heterocycles. The highest BCUT2D eigenvalue weighted by molar-refractivity contribution is 5.87. The van der Waals surface area contributed by atoms with E-state index < -0.39 is 24.7 Å². The van der Waals surface area contributed by atoms with Crippen LogP contribution in [-0.2, 0) is 9.53 Å². The van der Waals surface area contributed by atoms with E-state index in [2.05, 4.69) is 11.3 Å². The van der Waals surface area contributed by atoms with E-state index in [-0.39, 0.29) is 12.0 Å². The van der Waals surface area contributed by atoms with Crippen LogP contribution < -0.4 is 0 Å². The minimum absolute atomic E-state index is 0.102. The van der Waals surface area contributed by atoms with Crippen molar-refractivity contribution < 1.29 is 22.7 Å². The fourth-order valence-corrected chi connectivity index (χ4v) is 0.779. The third kappa shape index (κ3) is 5.61. The Morgan fingerprint density at radius 1 is 1.50 bits per heavy atom. The van der Waals surface area contributed by atoms with Crippen molar-refractivity contribution in [2.24, 2.45) is 0 Å². The van der Waals surface area contributed by atoms with Gasteiger partial charge in [-0.25, -0.2) is 4.79 Å². The predicted octanol–water partition coefficient (Wildman–Crippen LogP) is 2.84. The molecule has 0 bridgehead atoms. The van der Waals surface area contributed by atoms with Gasteiger partial charge in [0.05, 0.1) is 6.42 Å². The van der Waals surface area contributed by atoms with Crippen molar-refractivity contribution in [2.75, 3.05) is 0 Å². The van der Waals surface area contributed by atoms with Crippen LogP contribution in [0.5, 0.6) is 0 Å². The molecule has 5 heteroatoms. The summed E-state index contributed by atoms with van der Waals surface area (Å²) >= 11 is 0. The average molecular weight is 210 g/mol. The van der Waals surface area contributed by atoms with Gasteiger partial charge in [-0.15, -0.1) is 0 Å². The molecule has 0 aliphatic rings. The molecule has 0 aliphatic carbocycles. The van der Waals surface area contributed by atoms with Crippen LogP contribution in [0.15, 0.2) is 12.2 Å². The predicted molar refractivity (Wildman–Crippen MR) is 45.7 cm³/mol. The van der Waals surface area contributed by atoms with Gasteiger partial charge in [0, 0.05) is 5.57 Å². The van der Waals surface area contributed by atoms with Crippen LogP contribution in [0.4, 0.5) is 13.2 Å². The number of carbonyl (C=O) groups excluding carboxylic acids is 1. The third-order valence-electron chi connectivity index (χ3n) is 1.54. The van der Waals surface area contributed by atoms with Crippen molar-refractivity contribution in [3.8, 4) is 0 Å². The van der Waals surface area contributed by atoms with Gasteiger partial charge in [0.2, 0.25) is 0 Å². The smallest absolute Gasteiger partial charge is 0.392 e. The fraction of sp³-hybridized carbons (Fsp3) is 0.667. The van der Waals surface area contributed by atoms with Crippen LogP contribution in [-0.4, -0.2) is 18.2 Å². The van der Waals surface area contributed by atoms with Gasteiger partial charge >= 0.3 is 12.1 Å². The Labute approximate surface area is 80.7 Å². The quantitative estimate of drug-likeness (QED) is 0.526. The van der Waals surface area contributed by atoms with Crippen molar-refractivity contribution in [1.82, 2.24) is 0 Å². The number of rotatable bonds is 4. The Morgan fingerprint density at radius 2 is 2.00 bits per heavy atom. The molecule has 0 aromatic heterocycles. The van der Waals surface area contributed by atoms with E-state index >= 15 is 0 Å². The van der Waals surface area contributed by atoms with E-state index in [0.29, 0.717) is 0 Å². The maximum absolute atomic E-state index is 11.9. The van der Waals surface area contributed by atoms with Crippen LogP contribution in [0.3, 0.4) is 0 Å². The molecule has 1 unspecified atom stereocenters. The summed E-state index contributed by atoms with van der Waals surface area (Å²) in [6, 6.07) is 0. The van der Waals surface area contributed by atoms with E-state index in [4.69, 9.17) is 0 Å². The van der Waals surface area contributed by atoms with Crippen molar-refractivity contribution in [1.29, 1.82) is 0 Å².